The fourth-order valence-corrected chi connectivity index (χ4v) is 5.20. The number of aliphatic hydroxyl groups excluding tert-OH is 1. The molecular weight excluding hydrogens is 312 g/mol. The normalized spacial score (nSPS) is 46.1. The lowest BCUT2D eigenvalue weighted by Gasteiger charge is -2.48. The molecular formula is C18H28O6. The van der Waals surface area contributed by atoms with Crippen molar-refractivity contribution in [2.45, 2.75) is 106 Å². The van der Waals surface area contributed by atoms with Crippen LogP contribution < -0.4 is 0 Å². The van der Waals surface area contributed by atoms with Gasteiger partial charge in [-0.15, -0.1) is 0 Å². The molecule has 136 valence electrons. The number of hydrogen-bond acceptors (Lipinski definition) is 6. The lowest BCUT2D eigenvalue weighted by atomic mass is 9.91. The van der Waals surface area contributed by atoms with Gasteiger partial charge in [0.15, 0.2) is 17.9 Å². The van der Waals surface area contributed by atoms with Crippen LogP contribution in [0.1, 0.15) is 64.2 Å². The Kier molecular flexibility index (Phi) is 3.92. The Balaban J connectivity index is 1.38. The quantitative estimate of drug-likeness (QED) is 0.789. The minimum atomic E-state index is -0.573. The highest BCUT2D eigenvalue weighted by Crippen LogP contribution is 2.50. The number of rotatable bonds is 1. The third-order valence-electron chi connectivity index (χ3n) is 6.38. The van der Waals surface area contributed by atoms with Gasteiger partial charge in [0.25, 0.3) is 0 Å². The molecule has 0 aromatic heterocycles. The summed E-state index contributed by atoms with van der Waals surface area (Å²) in [6, 6.07) is 0. The van der Waals surface area contributed by atoms with Gasteiger partial charge in [0.05, 0.1) is 6.61 Å². The van der Waals surface area contributed by atoms with E-state index in [0.717, 1.165) is 51.4 Å². The highest BCUT2D eigenvalue weighted by Gasteiger charge is 2.63. The van der Waals surface area contributed by atoms with Crippen LogP contribution in [0.5, 0.6) is 0 Å². The first kappa shape index (κ1) is 16.0. The summed E-state index contributed by atoms with van der Waals surface area (Å²) in [6.45, 7) is -0.0587. The Morgan fingerprint density at radius 2 is 1.25 bits per heavy atom. The molecule has 3 aliphatic heterocycles. The van der Waals surface area contributed by atoms with Crippen molar-refractivity contribution >= 4 is 0 Å². The number of fused-ring (bicyclic) bond motifs is 3. The summed E-state index contributed by atoms with van der Waals surface area (Å²) in [5, 5.41) is 9.82. The van der Waals surface area contributed by atoms with Gasteiger partial charge in [-0.25, -0.2) is 0 Å². The SMILES string of the molecule is OC[C@H]1OC2(CCCCC2)O[C@@H]2[C@H]3OC4(CCCCC4)O[C@H]3O[C@@H]21. The van der Waals surface area contributed by atoms with Crippen LogP contribution in [0.25, 0.3) is 0 Å². The van der Waals surface area contributed by atoms with Gasteiger partial charge in [-0.1, -0.05) is 12.8 Å². The number of hydrogen-bond donors (Lipinski definition) is 1. The maximum Gasteiger partial charge on any atom is 0.190 e. The van der Waals surface area contributed by atoms with E-state index >= 15 is 0 Å². The van der Waals surface area contributed by atoms with Crippen LogP contribution in [0, 0.1) is 0 Å². The zero-order valence-corrected chi connectivity index (χ0v) is 14.2. The van der Waals surface area contributed by atoms with Crippen LogP contribution in [-0.4, -0.2) is 54.0 Å². The van der Waals surface area contributed by atoms with Gasteiger partial charge >= 0.3 is 0 Å². The third kappa shape index (κ3) is 2.46. The molecule has 2 saturated carbocycles. The van der Waals surface area contributed by atoms with E-state index < -0.39 is 17.9 Å². The molecule has 0 aromatic carbocycles. The number of ether oxygens (including phenoxy) is 5. The minimum Gasteiger partial charge on any atom is -0.394 e. The van der Waals surface area contributed by atoms with Crippen molar-refractivity contribution in [1.29, 1.82) is 0 Å². The van der Waals surface area contributed by atoms with E-state index in [1.807, 2.05) is 0 Å². The molecule has 5 fully saturated rings. The van der Waals surface area contributed by atoms with Gasteiger partial charge in [0.2, 0.25) is 0 Å². The van der Waals surface area contributed by atoms with Gasteiger partial charge in [-0.05, 0) is 25.7 Å². The maximum absolute atomic E-state index is 9.82. The van der Waals surface area contributed by atoms with Crippen molar-refractivity contribution in [3.05, 3.63) is 0 Å². The summed E-state index contributed by atoms with van der Waals surface area (Å²) in [5.41, 5.74) is 0. The topological polar surface area (TPSA) is 66.4 Å². The standard InChI is InChI=1S/C18H28O6/c19-11-12-13-14(22-17(21-12)7-3-1-4-8-17)15-16(20-13)24-18(23-15)9-5-2-6-10-18/h12-16,19H,1-11H2/t12-,13-,14+,15-,16-/m1/s1. The van der Waals surface area contributed by atoms with Crippen LogP contribution in [0.15, 0.2) is 0 Å². The van der Waals surface area contributed by atoms with Crippen LogP contribution in [0.2, 0.25) is 0 Å². The lowest BCUT2D eigenvalue weighted by Crippen LogP contribution is -2.59. The van der Waals surface area contributed by atoms with Crippen LogP contribution in [0.4, 0.5) is 0 Å². The van der Waals surface area contributed by atoms with Crippen molar-refractivity contribution < 1.29 is 28.8 Å². The van der Waals surface area contributed by atoms with Crippen LogP contribution in [-0.2, 0) is 23.7 Å². The van der Waals surface area contributed by atoms with Crippen molar-refractivity contribution in [2.75, 3.05) is 6.61 Å². The summed E-state index contributed by atoms with van der Waals surface area (Å²) in [5.74, 6) is -1.05. The summed E-state index contributed by atoms with van der Waals surface area (Å²) >= 11 is 0. The van der Waals surface area contributed by atoms with E-state index in [2.05, 4.69) is 0 Å². The first-order valence-corrected chi connectivity index (χ1v) is 9.70. The molecule has 2 aliphatic carbocycles. The third-order valence-corrected chi connectivity index (χ3v) is 6.38. The molecule has 6 heteroatoms. The Morgan fingerprint density at radius 3 is 1.88 bits per heavy atom. The largest absolute Gasteiger partial charge is 0.394 e. The average molecular weight is 340 g/mol. The highest BCUT2D eigenvalue weighted by atomic mass is 16.9. The monoisotopic (exact) mass is 340 g/mol. The average Bonchev–Trinajstić information content (AvgIpc) is 3.10. The summed E-state index contributed by atoms with van der Waals surface area (Å²) < 4.78 is 31.3. The molecule has 3 saturated heterocycles. The zero-order chi connectivity index (χ0) is 16.2. The number of aliphatic hydroxyl groups is 1. The molecule has 0 bridgehead atoms. The molecule has 24 heavy (non-hydrogen) atoms. The van der Waals surface area contributed by atoms with E-state index in [1.54, 1.807) is 0 Å². The molecule has 5 atom stereocenters. The first-order chi connectivity index (χ1) is 11.7. The minimum absolute atomic E-state index is 0.0587. The molecule has 2 spiro atoms. The molecule has 5 aliphatic rings. The predicted molar refractivity (Wildman–Crippen MR) is 83.1 cm³/mol. The Hall–Kier alpha value is -0.240. The summed E-state index contributed by atoms with van der Waals surface area (Å²) in [4.78, 5) is 0. The van der Waals surface area contributed by atoms with Crippen LogP contribution >= 0.6 is 0 Å². The van der Waals surface area contributed by atoms with E-state index in [4.69, 9.17) is 23.7 Å². The molecule has 5 rings (SSSR count). The van der Waals surface area contributed by atoms with E-state index in [-0.39, 0.29) is 31.0 Å². The molecule has 0 amide bonds. The second kappa shape index (κ2) is 5.89. The Morgan fingerprint density at radius 1 is 0.667 bits per heavy atom. The molecule has 6 nitrogen and oxygen atoms in total. The van der Waals surface area contributed by atoms with Crippen LogP contribution in [0.3, 0.4) is 0 Å². The van der Waals surface area contributed by atoms with Gasteiger partial charge < -0.3 is 28.8 Å². The molecule has 3 heterocycles. The van der Waals surface area contributed by atoms with Gasteiger partial charge in [0, 0.05) is 25.7 Å². The predicted octanol–water partition coefficient (Wildman–Crippen LogP) is 2.22. The Bertz CT molecular complexity index is 470. The second-order valence-electron chi connectivity index (χ2n) is 8.03. The van der Waals surface area contributed by atoms with Gasteiger partial charge in [0.1, 0.15) is 24.4 Å². The van der Waals surface area contributed by atoms with Crippen molar-refractivity contribution in [1.82, 2.24) is 0 Å². The molecule has 0 radical (unpaired) electrons. The van der Waals surface area contributed by atoms with Gasteiger partial charge in [-0.3, -0.25) is 0 Å². The zero-order valence-electron chi connectivity index (χ0n) is 14.2. The fourth-order valence-electron chi connectivity index (χ4n) is 5.20. The maximum atomic E-state index is 9.82. The molecule has 0 unspecified atom stereocenters. The summed E-state index contributed by atoms with van der Waals surface area (Å²) in [7, 11) is 0. The van der Waals surface area contributed by atoms with E-state index in [1.165, 1.54) is 12.8 Å². The Labute approximate surface area is 142 Å². The van der Waals surface area contributed by atoms with Crippen molar-refractivity contribution in [3.63, 3.8) is 0 Å². The molecule has 0 aromatic rings. The smallest absolute Gasteiger partial charge is 0.190 e. The van der Waals surface area contributed by atoms with E-state index in [9.17, 15) is 5.11 Å². The van der Waals surface area contributed by atoms with Gasteiger partial charge in [-0.2, -0.15) is 0 Å². The van der Waals surface area contributed by atoms with Crippen molar-refractivity contribution in [3.8, 4) is 0 Å². The summed E-state index contributed by atoms with van der Waals surface area (Å²) in [6.07, 6.45) is 9.12. The van der Waals surface area contributed by atoms with E-state index in [0.29, 0.717) is 0 Å². The molecule has 1 N–H and O–H groups in total. The van der Waals surface area contributed by atoms with Crippen molar-refractivity contribution in [2.24, 2.45) is 0 Å². The fraction of sp³-hybridized carbons (Fsp3) is 1.00. The highest BCUT2D eigenvalue weighted by molar-refractivity contribution is 5.03. The second-order valence-corrected chi connectivity index (χ2v) is 8.03. The first-order valence-electron chi connectivity index (χ1n) is 9.70. The lowest BCUT2D eigenvalue weighted by molar-refractivity contribution is -0.370.